The number of carbonyl (C=O) groups excluding carboxylic acids is 2. The number of nitrogens with one attached hydrogen (secondary N) is 1. The summed E-state index contributed by atoms with van der Waals surface area (Å²) >= 11 is 6.68. The number of primary amides is 1. The molecule has 2 rings (SSSR count). The van der Waals surface area contributed by atoms with Crippen molar-refractivity contribution in [2.75, 3.05) is 11.1 Å². The van der Waals surface area contributed by atoms with E-state index < -0.39 is 28.6 Å². The molecule has 0 aliphatic carbocycles. The van der Waals surface area contributed by atoms with Crippen LogP contribution in [0.15, 0.2) is 23.4 Å². The van der Waals surface area contributed by atoms with Crippen LogP contribution >= 0.6 is 23.4 Å². The van der Waals surface area contributed by atoms with Crippen LogP contribution in [0.1, 0.15) is 31.7 Å². The van der Waals surface area contributed by atoms with E-state index in [1.807, 2.05) is 18.4 Å². The second-order valence-electron chi connectivity index (χ2n) is 6.90. The van der Waals surface area contributed by atoms with Gasteiger partial charge in [-0.2, -0.15) is 13.2 Å². The van der Waals surface area contributed by atoms with Crippen molar-refractivity contribution in [1.29, 1.82) is 0 Å². The Kier molecular flexibility index (Phi) is 8.13. The van der Waals surface area contributed by atoms with E-state index in [1.165, 1.54) is 6.07 Å². The molecular formula is C18H21ClF3N5O2S. The van der Waals surface area contributed by atoms with Gasteiger partial charge < -0.3 is 15.6 Å². The van der Waals surface area contributed by atoms with Crippen molar-refractivity contribution >= 4 is 40.9 Å². The van der Waals surface area contributed by atoms with E-state index in [-0.39, 0.29) is 23.8 Å². The number of anilines is 1. The van der Waals surface area contributed by atoms with Crippen molar-refractivity contribution in [3.63, 3.8) is 0 Å². The third-order valence-electron chi connectivity index (χ3n) is 3.82. The lowest BCUT2D eigenvalue weighted by Gasteiger charge is -2.13. The molecule has 0 spiro atoms. The summed E-state index contributed by atoms with van der Waals surface area (Å²) in [5, 5.41) is 10.6. The highest BCUT2D eigenvalue weighted by Gasteiger charge is 2.33. The van der Waals surface area contributed by atoms with E-state index in [0.717, 1.165) is 23.9 Å². The Morgan fingerprint density at radius 1 is 1.30 bits per heavy atom. The number of amides is 2. The molecule has 12 heteroatoms. The van der Waals surface area contributed by atoms with Crippen LogP contribution in [0.4, 0.5) is 18.9 Å². The second-order valence-corrected chi connectivity index (χ2v) is 8.25. The fraction of sp³-hybridized carbons (Fsp3) is 0.444. The molecule has 164 valence electrons. The number of alkyl halides is 3. The predicted octanol–water partition coefficient (Wildman–Crippen LogP) is 3.76. The van der Waals surface area contributed by atoms with Crippen LogP contribution in [0.5, 0.6) is 0 Å². The topological polar surface area (TPSA) is 103 Å². The lowest BCUT2D eigenvalue weighted by atomic mass is 10.2. The van der Waals surface area contributed by atoms with Crippen LogP contribution in [0.25, 0.3) is 0 Å². The fourth-order valence-corrected chi connectivity index (χ4v) is 3.53. The third-order valence-corrected chi connectivity index (χ3v) is 5.12. The van der Waals surface area contributed by atoms with Gasteiger partial charge in [-0.3, -0.25) is 9.59 Å². The summed E-state index contributed by atoms with van der Waals surface area (Å²) in [5.74, 6) is -0.206. The standard InChI is InChI=1S/C18H21ClF3N5O2S/c1-10(2)8-27-15(6-5-14(23)28)25-26-17(27)30-9-16(29)24-11-3-4-13(19)12(7-11)18(20,21)22/h3-4,7,10H,5-6,8-9H2,1-2H3,(H2,23,28)(H,24,29). The van der Waals surface area contributed by atoms with Gasteiger partial charge in [0, 0.05) is 25.1 Å². The maximum atomic E-state index is 13.0. The monoisotopic (exact) mass is 463 g/mol. The Labute approximate surface area is 180 Å². The van der Waals surface area contributed by atoms with Crippen LogP contribution in [0, 0.1) is 5.92 Å². The normalized spacial score (nSPS) is 11.7. The Morgan fingerprint density at radius 3 is 2.60 bits per heavy atom. The minimum atomic E-state index is -4.62. The lowest BCUT2D eigenvalue weighted by Crippen LogP contribution is -2.17. The molecule has 0 aliphatic heterocycles. The first-order valence-electron chi connectivity index (χ1n) is 8.97. The van der Waals surface area contributed by atoms with E-state index in [9.17, 15) is 22.8 Å². The number of carbonyl (C=O) groups is 2. The molecule has 0 saturated heterocycles. The highest BCUT2D eigenvalue weighted by molar-refractivity contribution is 7.99. The Balaban J connectivity index is 2.06. The number of nitrogens with two attached hydrogens (primary N) is 1. The van der Waals surface area contributed by atoms with Gasteiger partial charge in [-0.1, -0.05) is 37.2 Å². The summed E-state index contributed by atoms with van der Waals surface area (Å²) in [7, 11) is 0. The van der Waals surface area contributed by atoms with Crippen LogP contribution in [0.3, 0.4) is 0 Å². The van der Waals surface area contributed by atoms with Crippen LogP contribution in [0.2, 0.25) is 5.02 Å². The summed E-state index contributed by atoms with van der Waals surface area (Å²) in [4.78, 5) is 23.3. The highest BCUT2D eigenvalue weighted by atomic mass is 35.5. The molecule has 1 aromatic heterocycles. The average molecular weight is 464 g/mol. The zero-order valence-corrected chi connectivity index (χ0v) is 17.9. The minimum Gasteiger partial charge on any atom is -0.370 e. The molecule has 0 aliphatic rings. The Hall–Kier alpha value is -2.27. The fourth-order valence-electron chi connectivity index (χ4n) is 2.54. The molecule has 2 aromatic rings. The smallest absolute Gasteiger partial charge is 0.370 e. The zero-order valence-electron chi connectivity index (χ0n) is 16.3. The van der Waals surface area contributed by atoms with Gasteiger partial charge in [0.25, 0.3) is 0 Å². The van der Waals surface area contributed by atoms with Gasteiger partial charge in [0.15, 0.2) is 5.16 Å². The molecular weight excluding hydrogens is 443 g/mol. The first-order valence-corrected chi connectivity index (χ1v) is 10.3. The second kappa shape index (κ2) is 10.2. The van der Waals surface area contributed by atoms with Gasteiger partial charge >= 0.3 is 6.18 Å². The average Bonchev–Trinajstić information content (AvgIpc) is 3.00. The van der Waals surface area contributed by atoms with Crippen molar-refractivity contribution < 1.29 is 22.8 Å². The number of aromatic nitrogens is 3. The number of aryl methyl sites for hydroxylation is 1. The lowest BCUT2D eigenvalue weighted by molar-refractivity contribution is -0.137. The number of hydrogen-bond donors (Lipinski definition) is 2. The number of halogens is 4. The third kappa shape index (κ3) is 6.91. The highest BCUT2D eigenvalue weighted by Crippen LogP contribution is 2.36. The van der Waals surface area contributed by atoms with Crippen LogP contribution in [-0.2, 0) is 28.7 Å². The predicted molar refractivity (Wildman–Crippen MR) is 108 cm³/mol. The molecule has 7 nitrogen and oxygen atoms in total. The van der Waals surface area contributed by atoms with E-state index >= 15 is 0 Å². The number of benzene rings is 1. The molecule has 2 amide bonds. The van der Waals surface area contributed by atoms with Gasteiger partial charge in [0.05, 0.1) is 16.3 Å². The molecule has 0 unspecified atom stereocenters. The molecule has 30 heavy (non-hydrogen) atoms. The van der Waals surface area contributed by atoms with E-state index in [1.54, 1.807) is 0 Å². The number of thioether (sulfide) groups is 1. The zero-order chi connectivity index (χ0) is 22.5. The van der Waals surface area contributed by atoms with Gasteiger partial charge in [0.1, 0.15) is 5.82 Å². The van der Waals surface area contributed by atoms with Gasteiger partial charge in [-0.15, -0.1) is 10.2 Å². The molecule has 0 saturated carbocycles. The van der Waals surface area contributed by atoms with E-state index in [2.05, 4.69) is 15.5 Å². The van der Waals surface area contributed by atoms with E-state index in [0.29, 0.717) is 23.9 Å². The number of hydrogen-bond acceptors (Lipinski definition) is 5. The SMILES string of the molecule is CC(C)Cn1c(CCC(N)=O)nnc1SCC(=O)Nc1ccc(Cl)c(C(F)(F)F)c1. The van der Waals surface area contributed by atoms with Gasteiger partial charge in [-0.05, 0) is 24.1 Å². The summed E-state index contributed by atoms with van der Waals surface area (Å²) < 4.78 is 40.7. The van der Waals surface area contributed by atoms with E-state index in [4.69, 9.17) is 17.3 Å². The molecule has 0 radical (unpaired) electrons. The van der Waals surface area contributed by atoms with Crippen molar-refractivity contribution in [2.45, 2.75) is 44.6 Å². The van der Waals surface area contributed by atoms with Gasteiger partial charge in [-0.25, -0.2) is 0 Å². The van der Waals surface area contributed by atoms with Crippen LogP contribution < -0.4 is 11.1 Å². The van der Waals surface area contributed by atoms with Crippen molar-refractivity contribution in [1.82, 2.24) is 14.8 Å². The molecule has 1 aromatic carbocycles. The van der Waals surface area contributed by atoms with Crippen molar-refractivity contribution in [3.05, 3.63) is 34.6 Å². The minimum absolute atomic E-state index is 0.0110. The molecule has 1 heterocycles. The molecule has 0 atom stereocenters. The van der Waals surface area contributed by atoms with Crippen LogP contribution in [-0.4, -0.2) is 32.3 Å². The summed E-state index contributed by atoms with van der Waals surface area (Å²) in [6.45, 7) is 4.58. The van der Waals surface area contributed by atoms with Gasteiger partial charge in [0.2, 0.25) is 11.8 Å². The first-order chi connectivity index (χ1) is 14.0. The Morgan fingerprint density at radius 2 is 2.00 bits per heavy atom. The van der Waals surface area contributed by atoms with Crippen molar-refractivity contribution in [3.8, 4) is 0 Å². The number of rotatable bonds is 9. The summed E-state index contributed by atoms with van der Waals surface area (Å²) in [6.07, 6.45) is -4.17. The summed E-state index contributed by atoms with van der Waals surface area (Å²) in [6, 6.07) is 3.16. The molecule has 3 N–H and O–H groups in total. The first kappa shape index (κ1) is 24.0. The summed E-state index contributed by atoms with van der Waals surface area (Å²) in [5.41, 5.74) is 4.15. The van der Waals surface area contributed by atoms with Crippen molar-refractivity contribution in [2.24, 2.45) is 11.7 Å². The quantitative estimate of drug-likeness (QED) is 0.551. The molecule has 0 fully saturated rings. The Bertz CT molecular complexity index is 918. The largest absolute Gasteiger partial charge is 0.417 e. The molecule has 0 bridgehead atoms. The maximum absolute atomic E-state index is 13.0. The number of nitrogens with zero attached hydrogens (tertiary/aromatic N) is 3. The maximum Gasteiger partial charge on any atom is 0.417 e.